The summed E-state index contributed by atoms with van der Waals surface area (Å²) in [6.45, 7) is 6.76. The summed E-state index contributed by atoms with van der Waals surface area (Å²) in [7, 11) is 0. The van der Waals surface area contributed by atoms with E-state index in [-0.39, 0.29) is 0 Å². The summed E-state index contributed by atoms with van der Waals surface area (Å²) < 4.78 is 0. The van der Waals surface area contributed by atoms with Gasteiger partial charge in [-0.2, -0.15) is 0 Å². The third kappa shape index (κ3) is 2.09. The lowest BCUT2D eigenvalue weighted by atomic mass is 9.98. The number of nitrogens with zero attached hydrogens (tertiary/aromatic N) is 1. The topological polar surface area (TPSA) is 29.3 Å². The van der Waals surface area contributed by atoms with Crippen molar-refractivity contribution in [3.8, 4) is 0 Å². The average molecular weight is 204 g/mol. The van der Waals surface area contributed by atoms with Crippen LogP contribution in [0.2, 0.25) is 0 Å². The lowest BCUT2D eigenvalue weighted by molar-refractivity contribution is 0.447. The van der Waals surface area contributed by atoms with E-state index in [1.54, 1.807) is 0 Å². The van der Waals surface area contributed by atoms with E-state index in [1.165, 1.54) is 24.1 Å². The predicted molar refractivity (Wildman–Crippen MR) is 66.2 cm³/mol. The van der Waals surface area contributed by atoms with Gasteiger partial charge in [-0.25, -0.2) is 0 Å². The first-order valence-electron chi connectivity index (χ1n) is 5.78. The molecule has 1 saturated heterocycles. The molecule has 0 radical (unpaired) electrons. The normalized spacial score (nSPS) is 21.7. The van der Waals surface area contributed by atoms with Crippen LogP contribution in [-0.2, 0) is 0 Å². The lowest BCUT2D eigenvalue weighted by Gasteiger charge is -2.34. The molecule has 82 valence electrons. The molecule has 1 aromatic carbocycles. The Morgan fingerprint density at radius 3 is 2.87 bits per heavy atom. The highest BCUT2D eigenvalue weighted by atomic mass is 15.1. The highest BCUT2D eigenvalue weighted by Crippen LogP contribution is 2.30. The smallest absolute Gasteiger partial charge is 0.0629 e. The Balaban J connectivity index is 2.28. The molecule has 0 saturated carbocycles. The highest BCUT2D eigenvalue weighted by molar-refractivity contribution is 5.71. The Hall–Kier alpha value is -1.18. The van der Waals surface area contributed by atoms with Crippen LogP contribution in [0.4, 0.5) is 11.4 Å². The summed E-state index contributed by atoms with van der Waals surface area (Å²) in [4.78, 5) is 2.44. The minimum absolute atomic E-state index is 0.790. The van der Waals surface area contributed by atoms with Crippen LogP contribution in [0, 0.1) is 12.8 Å². The molecule has 2 nitrogen and oxygen atoms in total. The van der Waals surface area contributed by atoms with Gasteiger partial charge >= 0.3 is 0 Å². The summed E-state index contributed by atoms with van der Waals surface area (Å²) in [5, 5.41) is 0. The average Bonchev–Trinajstić information content (AvgIpc) is 2.17. The molecule has 0 bridgehead atoms. The molecule has 0 aliphatic carbocycles. The predicted octanol–water partition coefficient (Wildman–Crippen LogP) is 2.81. The van der Waals surface area contributed by atoms with Crippen molar-refractivity contribution in [2.24, 2.45) is 5.92 Å². The van der Waals surface area contributed by atoms with E-state index in [1.807, 2.05) is 12.1 Å². The van der Waals surface area contributed by atoms with Gasteiger partial charge in [0.15, 0.2) is 0 Å². The quantitative estimate of drug-likeness (QED) is 0.713. The first-order chi connectivity index (χ1) is 7.18. The number of nitrogen functional groups attached to an aromatic ring is 1. The molecule has 0 amide bonds. The second-order valence-electron chi connectivity index (χ2n) is 4.71. The summed E-state index contributed by atoms with van der Waals surface area (Å²) in [5.74, 6) is 0.790. The molecule has 0 spiro atoms. The minimum atomic E-state index is 0.790. The zero-order chi connectivity index (χ0) is 10.8. The number of para-hydroxylation sites is 1. The van der Waals surface area contributed by atoms with Crippen LogP contribution >= 0.6 is 0 Å². The zero-order valence-corrected chi connectivity index (χ0v) is 9.66. The fraction of sp³-hybridized carbons (Fsp3) is 0.538. The van der Waals surface area contributed by atoms with Gasteiger partial charge in [-0.1, -0.05) is 19.1 Å². The number of piperidine rings is 1. The molecular weight excluding hydrogens is 184 g/mol. The molecule has 15 heavy (non-hydrogen) atoms. The van der Waals surface area contributed by atoms with Crippen LogP contribution in [0.3, 0.4) is 0 Å². The minimum Gasteiger partial charge on any atom is -0.397 e. The number of rotatable bonds is 1. The number of aryl methyl sites for hydroxylation is 1. The first kappa shape index (κ1) is 10.3. The van der Waals surface area contributed by atoms with Crippen molar-refractivity contribution in [3.05, 3.63) is 23.8 Å². The van der Waals surface area contributed by atoms with Gasteiger partial charge in [0, 0.05) is 13.1 Å². The van der Waals surface area contributed by atoms with E-state index in [0.29, 0.717) is 0 Å². The Bertz CT molecular complexity index is 326. The van der Waals surface area contributed by atoms with Crippen LogP contribution in [0.15, 0.2) is 18.2 Å². The maximum atomic E-state index is 6.06. The first-order valence-corrected chi connectivity index (χ1v) is 5.78. The Morgan fingerprint density at radius 2 is 2.20 bits per heavy atom. The fourth-order valence-corrected chi connectivity index (χ4v) is 2.51. The molecule has 1 heterocycles. The standard InChI is InChI=1S/C13H20N2/c1-10-5-4-8-15(9-10)13-11(2)6-3-7-12(13)14/h3,6-7,10H,4-5,8-9,14H2,1-2H3. The third-order valence-corrected chi connectivity index (χ3v) is 3.24. The molecule has 2 heteroatoms. The second kappa shape index (κ2) is 4.13. The molecule has 0 aromatic heterocycles. The SMILES string of the molecule is Cc1cccc(N)c1N1CCCC(C)C1. The second-order valence-corrected chi connectivity index (χ2v) is 4.71. The van der Waals surface area contributed by atoms with Gasteiger partial charge in [-0.3, -0.25) is 0 Å². The van der Waals surface area contributed by atoms with E-state index in [9.17, 15) is 0 Å². The molecule has 1 atom stereocenters. The van der Waals surface area contributed by atoms with E-state index in [4.69, 9.17) is 5.73 Å². The number of hydrogen-bond donors (Lipinski definition) is 1. The van der Waals surface area contributed by atoms with E-state index in [0.717, 1.165) is 24.7 Å². The Labute approximate surface area is 92.1 Å². The molecule has 2 N–H and O–H groups in total. The third-order valence-electron chi connectivity index (χ3n) is 3.24. The Morgan fingerprint density at radius 1 is 1.40 bits per heavy atom. The van der Waals surface area contributed by atoms with Crippen molar-refractivity contribution in [1.29, 1.82) is 0 Å². The lowest BCUT2D eigenvalue weighted by Crippen LogP contribution is -2.35. The maximum Gasteiger partial charge on any atom is 0.0629 e. The van der Waals surface area contributed by atoms with Gasteiger partial charge in [0.05, 0.1) is 11.4 Å². The van der Waals surface area contributed by atoms with Gasteiger partial charge in [-0.05, 0) is 37.3 Å². The molecule has 1 fully saturated rings. The number of hydrogen-bond acceptors (Lipinski definition) is 2. The maximum absolute atomic E-state index is 6.06. The Kier molecular flexibility index (Phi) is 2.85. The number of benzene rings is 1. The zero-order valence-electron chi connectivity index (χ0n) is 9.66. The molecule has 1 aliphatic heterocycles. The van der Waals surface area contributed by atoms with Crippen molar-refractivity contribution < 1.29 is 0 Å². The summed E-state index contributed by atoms with van der Waals surface area (Å²) >= 11 is 0. The van der Waals surface area contributed by atoms with Crippen molar-refractivity contribution in [2.45, 2.75) is 26.7 Å². The summed E-state index contributed by atoms with van der Waals surface area (Å²) in [5.41, 5.74) is 9.53. The van der Waals surface area contributed by atoms with Gasteiger partial charge in [-0.15, -0.1) is 0 Å². The van der Waals surface area contributed by atoms with Gasteiger partial charge in [0.1, 0.15) is 0 Å². The van der Waals surface area contributed by atoms with Gasteiger partial charge in [0.2, 0.25) is 0 Å². The fourth-order valence-electron chi connectivity index (χ4n) is 2.51. The van der Waals surface area contributed by atoms with Crippen LogP contribution in [0.1, 0.15) is 25.3 Å². The molecule has 1 unspecified atom stereocenters. The number of nitrogens with two attached hydrogens (primary N) is 1. The molecule has 2 rings (SSSR count). The summed E-state index contributed by atoms with van der Waals surface area (Å²) in [6.07, 6.45) is 2.64. The van der Waals surface area contributed by atoms with E-state index >= 15 is 0 Å². The molecule has 1 aromatic rings. The van der Waals surface area contributed by atoms with Crippen molar-refractivity contribution in [3.63, 3.8) is 0 Å². The van der Waals surface area contributed by atoms with Gasteiger partial charge < -0.3 is 10.6 Å². The molecule has 1 aliphatic rings. The monoisotopic (exact) mass is 204 g/mol. The largest absolute Gasteiger partial charge is 0.397 e. The summed E-state index contributed by atoms with van der Waals surface area (Å²) in [6, 6.07) is 6.17. The van der Waals surface area contributed by atoms with Crippen LogP contribution in [0.5, 0.6) is 0 Å². The van der Waals surface area contributed by atoms with Crippen LogP contribution in [0.25, 0.3) is 0 Å². The number of anilines is 2. The van der Waals surface area contributed by atoms with E-state index in [2.05, 4.69) is 24.8 Å². The van der Waals surface area contributed by atoms with Gasteiger partial charge in [0.25, 0.3) is 0 Å². The highest BCUT2D eigenvalue weighted by Gasteiger charge is 2.19. The van der Waals surface area contributed by atoms with Crippen molar-refractivity contribution in [2.75, 3.05) is 23.7 Å². The van der Waals surface area contributed by atoms with Crippen molar-refractivity contribution in [1.82, 2.24) is 0 Å². The van der Waals surface area contributed by atoms with E-state index < -0.39 is 0 Å². The van der Waals surface area contributed by atoms with Crippen molar-refractivity contribution >= 4 is 11.4 Å². The van der Waals surface area contributed by atoms with Crippen LogP contribution in [-0.4, -0.2) is 13.1 Å². The van der Waals surface area contributed by atoms with Crippen LogP contribution < -0.4 is 10.6 Å². The molecular formula is C13H20N2.